The summed E-state index contributed by atoms with van der Waals surface area (Å²) < 4.78 is 0. The second kappa shape index (κ2) is 8.18. The van der Waals surface area contributed by atoms with E-state index in [0.717, 1.165) is 0 Å². The van der Waals surface area contributed by atoms with Crippen molar-refractivity contribution in [2.45, 2.75) is 18.9 Å². The van der Waals surface area contributed by atoms with Crippen molar-refractivity contribution in [2.75, 3.05) is 0 Å². The molecule has 0 aromatic carbocycles. The molecule has 0 aromatic rings. The van der Waals surface area contributed by atoms with Gasteiger partial charge in [0.15, 0.2) is 0 Å². The van der Waals surface area contributed by atoms with E-state index in [-0.39, 0.29) is 12.8 Å². The van der Waals surface area contributed by atoms with Crippen LogP contribution in [0.25, 0.3) is 11.1 Å². The van der Waals surface area contributed by atoms with Crippen LogP contribution in [0, 0.1) is 0 Å². The van der Waals surface area contributed by atoms with Gasteiger partial charge in [-0.25, -0.2) is 0 Å². The van der Waals surface area contributed by atoms with Crippen LogP contribution in [0.1, 0.15) is 12.8 Å². The maximum Gasteiger partial charge on any atom is 0.320 e. The first kappa shape index (κ1) is 16.0. The van der Waals surface area contributed by atoms with Crippen LogP contribution in [0.4, 0.5) is 0 Å². The number of hydrogen-bond donors (Lipinski definition) is 5. The fourth-order valence-corrected chi connectivity index (χ4v) is 1.08. The van der Waals surface area contributed by atoms with Crippen LogP contribution in [0.15, 0.2) is 24.3 Å². The Morgan fingerprint density at radius 1 is 1.17 bits per heavy atom. The highest BCUT2D eigenvalue weighted by atomic mass is 16.4. The summed E-state index contributed by atoms with van der Waals surface area (Å²) in [6.07, 6.45) is -0.224. The van der Waals surface area contributed by atoms with E-state index in [1.54, 1.807) is 0 Å². The first-order valence-electron chi connectivity index (χ1n) is 5.14. The average molecular weight is 255 g/mol. The smallest absolute Gasteiger partial charge is 0.320 e. The zero-order valence-corrected chi connectivity index (χ0v) is 9.74. The van der Waals surface area contributed by atoms with Crippen LogP contribution in [0.2, 0.25) is 0 Å². The maximum atomic E-state index is 9.99. The maximum absolute atomic E-state index is 9.99. The first-order chi connectivity index (χ1) is 8.50. The molecule has 2 aliphatic carbocycles. The van der Waals surface area contributed by atoms with E-state index < -0.39 is 18.0 Å². The highest BCUT2D eigenvalue weighted by molar-refractivity contribution is 5.80. The van der Waals surface area contributed by atoms with Gasteiger partial charge in [-0.2, -0.15) is 0 Å². The molecule has 0 saturated carbocycles. The fourth-order valence-electron chi connectivity index (χ4n) is 1.08. The van der Waals surface area contributed by atoms with E-state index in [0.29, 0.717) is 0 Å². The van der Waals surface area contributed by atoms with E-state index in [1.807, 2.05) is 0 Å². The number of rotatable bonds is 4. The molecule has 0 radical (unpaired) electrons. The number of fused-ring (bicyclic) bond motifs is 1. The van der Waals surface area contributed by atoms with Crippen LogP contribution in [0.3, 0.4) is 0 Å². The van der Waals surface area contributed by atoms with Gasteiger partial charge in [0.05, 0.1) is 0 Å². The molecule has 7 heteroatoms. The zero-order valence-electron chi connectivity index (χ0n) is 9.74. The number of nitrogens with two attached hydrogens (primary N) is 3. The monoisotopic (exact) mass is 255 g/mol. The molecule has 8 N–H and O–H groups in total. The fraction of sp³-hybridized carbons (Fsp3) is 0.273. The molecule has 1 unspecified atom stereocenters. The summed E-state index contributed by atoms with van der Waals surface area (Å²) in [6, 6.07) is 7.42. The van der Waals surface area contributed by atoms with Crippen molar-refractivity contribution in [1.82, 2.24) is 0 Å². The first-order valence-corrected chi connectivity index (χ1v) is 5.14. The summed E-state index contributed by atoms with van der Waals surface area (Å²) in [7, 11) is 0. The number of aliphatic carboxylic acids is 2. The Kier molecular flexibility index (Phi) is 7.29. The molecule has 0 spiro atoms. The Hall–Kier alpha value is -1.96. The Labute approximate surface area is 104 Å². The van der Waals surface area contributed by atoms with Crippen molar-refractivity contribution in [3.63, 3.8) is 0 Å². The lowest BCUT2D eigenvalue weighted by Crippen LogP contribution is -2.30. The number of carboxylic acid groups (broad SMARTS) is 2. The van der Waals surface area contributed by atoms with Gasteiger partial charge in [0, 0.05) is 6.42 Å². The number of hydrazine groups is 1. The molecule has 7 nitrogen and oxygen atoms in total. The summed E-state index contributed by atoms with van der Waals surface area (Å²) in [5, 5.41) is 16.3. The number of carboxylic acids is 2. The number of benzene rings is 1. The summed E-state index contributed by atoms with van der Waals surface area (Å²) >= 11 is 0. The van der Waals surface area contributed by atoms with Gasteiger partial charge in [0.25, 0.3) is 0 Å². The van der Waals surface area contributed by atoms with Gasteiger partial charge >= 0.3 is 11.9 Å². The predicted octanol–water partition coefficient (Wildman–Crippen LogP) is -0.251. The van der Waals surface area contributed by atoms with Crippen LogP contribution < -0.4 is 17.4 Å². The molecule has 0 bridgehead atoms. The normalized spacial score (nSPS) is 11.1. The molecule has 0 aliphatic heterocycles. The van der Waals surface area contributed by atoms with Crippen LogP contribution >= 0.6 is 0 Å². The minimum atomic E-state index is -1.17. The zero-order chi connectivity index (χ0) is 14.1. The van der Waals surface area contributed by atoms with Crippen molar-refractivity contribution in [3.8, 4) is 11.1 Å². The minimum absolute atomic E-state index is 0.0231. The van der Waals surface area contributed by atoms with Crippen molar-refractivity contribution in [3.05, 3.63) is 24.3 Å². The molecule has 18 heavy (non-hydrogen) atoms. The molecule has 100 valence electrons. The van der Waals surface area contributed by atoms with E-state index in [2.05, 4.69) is 36.0 Å². The number of hydrogen-bond acceptors (Lipinski definition) is 5. The van der Waals surface area contributed by atoms with E-state index in [9.17, 15) is 9.59 Å². The summed E-state index contributed by atoms with van der Waals surface area (Å²) in [6.45, 7) is 0. The molecular weight excluding hydrogens is 238 g/mol. The number of carbonyl (C=O) groups is 2. The van der Waals surface area contributed by atoms with Crippen molar-refractivity contribution < 1.29 is 19.8 Å². The van der Waals surface area contributed by atoms with E-state index >= 15 is 0 Å². The highest BCUT2D eigenvalue weighted by Gasteiger charge is 2.12. The SMILES string of the molecule is NC(CCC(=O)O)C(=O)O.NN.c1cc2cc-2c1. The Balaban J connectivity index is 0.000000301. The van der Waals surface area contributed by atoms with Gasteiger partial charge in [0.1, 0.15) is 6.04 Å². The standard InChI is InChI=1S/C6H4.C5H9NO4.H4N2/c1-2-5-4-6(5)3-1;6-3(5(9)10)1-2-4(7)8;1-2/h1-4H;3H,1-2,6H2,(H,7,8)(H,9,10);1-2H2. The molecule has 1 atom stereocenters. The highest BCUT2D eigenvalue weighted by Crippen LogP contribution is 2.32. The van der Waals surface area contributed by atoms with Gasteiger partial charge < -0.3 is 15.9 Å². The second-order valence-corrected chi connectivity index (χ2v) is 3.46. The summed E-state index contributed by atoms with van der Waals surface area (Å²) in [5.74, 6) is 5.80. The summed E-state index contributed by atoms with van der Waals surface area (Å²) in [5.41, 5.74) is 7.85. The van der Waals surface area contributed by atoms with Gasteiger partial charge in [-0.3, -0.25) is 21.3 Å². The Morgan fingerprint density at radius 3 is 1.89 bits per heavy atom. The van der Waals surface area contributed by atoms with Crippen LogP contribution in [0.5, 0.6) is 0 Å². The van der Waals surface area contributed by atoms with Crippen LogP contribution in [-0.4, -0.2) is 28.2 Å². The molecule has 0 aromatic heterocycles. The lowest BCUT2D eigenvalue weighted by Gasteiger charge is -2.01. The summed E-state index contributed by atoms with van der Waals surface area (Å²) in [4.78, 5) is 19.9. The Bertz CT molecular complexity index is 392. The molecule has 2 rings (SSSR count). The Morgan fingerprint density at radius 2 is 1.67 bits per heavy atom. The average Bonchev–Trinajstić information content (AvgIpc) is 2.96. The third-order valence-corrected chi connectivity index (χ3v) is 2.10. The third-order valence-electron chi connectivity index (χ3n) is 2.10. The van der Waals surface area contributed by atoms with E-state index in [4.69, 9.17) is 15.9 Å². The van der Waals surface area contributed by atoms with E-state index in [1.165, 1.54) is 11.1 Å². The molecule has 0 heterocycles. The second-order valence-electron chi connectivity index (χ2n) is 3.46. The van der Waals surface area contributed by atoms with Gasteiger partial charge in [-0.15, -0.1) is 0 Å². The van der Waals surface area contributed by atoms with Crippen molar-refractivity contribution in [2.24, 2.45) is 17.4 Å². The van der Waals surface area contributed by atoms with Crippen molar-refractivity contribution in [1.29, 1.82) is 0 Å². The predicted molar refractivity (Wildman–Crippen MR) is 66.3 cm³/mol. The lowest BCUT2D eigenvalue weighted by atomic mass is 10.2. The minimum Gasteiger partial charge on any atom is -0.481 e. The topological polar surface area (TPSA) is 153 Å². The van der Waals surface area contributed by atoms with Gasteiger partial charge in [-0.05, 0) is 23.6 Å². The van der Waals surface area contributed by atoms with Gasteiger partial charge in [0.2, 0.25) is 0 Å². The van der Waals surface area contributed by atoms with Crippen LogP contribution in [-0.2, 0) is 9.59 Å². The van der Waals surface area contributed by atoms with Crippen molar-refractivity contribution >= 4 is 11.9 Å². The molecule has 0 fully saturated rings. The molecular formula is C11H17N3O4. The lowest BCUT2D eigenvalue weighted by molar-refractivity contribution is -0.139. The molecule has 0 saturated heterocycles. The largest absolute Gasteiger partial charge is 0.481 e. The molecule has 0 amide bonds. The van der Waals surface area contributed by atoms with Gasteiger partial charge in [-0.1, -0.05) is 18.2 Å². The third kappa shape index (κ3) is 6.59. The molecule has 2 aliphatic rings. The quantitative estimate of drug-likeness (QED) is 0.373.